The number of hydrogen-bond donors (Lipinski definition) is 0. The van der Waals surface area contributed by atoms with Crippen LogP contribution >= 0.6 is 0 Å². The van der Waals surface area contributed by atoms with E-state index in [1.165, 1.54) is 0 Å². The summed E-state index contributed by atoms with van der Waals surface area (Å²) in [6, 6.07) is 0. The molecule has 4 nitrogen and oxygen atoms in total. The van der Waals surface area contributed by atoms with E-state index >= 15 is 0 Å². The molecule has 110 valence electrons. The number of carbonyl (C=O) groups excluding carboxylic acids is 2. The summed E-state index contributed by atoms with van der Waals surface area (Å²) in [6.07, 6.45) is 1.89. The van der Waals surface area contributed by atoms with Crippen molar-refractivity contribution in [2.24, 2.45) is 5.41 Å². The molecule has 0 rings (SSSR count). The standard InChI is InChI=1S/C9H18O2.C6H8O2/c1-6-9(4,5)8(10)11-7(2)3;1-4-8-6(7)5(2)3/h7H,6H2,1-5H3;4H,1-2H2,3H3/p+1. The fourth-order valence-corrected chi connectivity index (χ4v) is 0.694. The van der Waals surface area contributed by atoms with Gasteiger partial charge in [-0.15, -0.1) is 0 Å². The minimum Gasteiger partial charge on any atom is -0.463 e. The third-order valence-electron chi connectivity index (χ3n) is 2.32. The molecular formula is C15H27O4+. The Kier molecular flexibility index (Phi) is 9.73. The number of esters is 2. The highest BCUT2D eigenvalue weighted by Gasteiger charge is 2.27. The zero-order chi connectivity index (χ0) is 15.6. The van der Waals surface area contributed by atoms with Gasteiger partial charge in [-0.2, -0.15) is 0 Å². The molecule has 4 heteroatoms. The van der Waals surface area contributed by atoms with Crippen molar-refractivity contribution in [3.05, 3.63) is 25.0 Å². The first-order valence-electron chi connectivity index (χ1n) is 6.27. The molecule has 0 aromatic rings. The summed E-state index contributed by atoms with van der Waals surface area (Å²) >= 11 is 0. The van der Waals surface area contributed by atoms with E-state index < -0.39 is 5.97 Å². The Bertz CT molecular complexity index is 333. The van der Waals surface area contributed by atoms with Crippen molar-refractivity contribution in [2.45, 2.75) is 54.1 Å². The number of hydrogen-bond acceptors (Lipinski definition) is 4. The zero-order valence-corrected chi connectivity index (χ0v) is 12.9. The van der Waals surface area contributed by atoms with E-state index in [1.807, 2.05) is 34.6 Å². The van der Waals surface area contributed by atoms with E-state index in [0.29, 0.717) is 5.57 Å². The van der Waals surface area contributed by atoms with Crippen molar-refractivity contribution in [1.29, 1.82) is 0 Å². The summed E-state index contributed by atoms with van der Waals surface area (Å²) in [6.45, 7) is 17.6. The predicted molar refractivity (Wildman–Crippen MR) is 77.5 cm³/mol. The topological polar surface area (TPSA) is 52.6 Å². The molecule has 0 aliphatic rings. The van der Waals surface area contributed by atoms with Crippen LogP contribution in [-0.2, 0) is 19.1 Å². The molecule has 0 saturated carbocycles. The van der Waals surface area contributed by atoms with Crippen LogP contribution in [0.1, 0.15) is 49.4 Å². The maximum atomic E-state index is 11.3. The molecular weight excluding hydrogens is 244 g/mol. The van der Waals surface area contributed by atoms with Crippen molar-refractivity contribution < 1.29 is 20.5 Å². The fraction of sp³-hybridized carbons (Fsp3) is 0.600. The molecule has 0 unspecified atom stereocenters. The summed E-state index contributed by atoms with van der Waals surface area (Å²) in [5.74, 6) is -0.532. The maximum absolute atomic E-state index is 11.3. The molecule has 0 atom stereocenters. The average Bonchev–Trinajstić information content (AvgIpc) is 2.29. The van der Waals surface area contributed by atoms with E-state index in [2.05, 4.69) is 17.9 Å². The molecule has 19 heavy (non-hydrogen) atoms. The fourth-order valence-electron chi connectivity index (χ4n) is 0.694. The lowest BCUT2D eigenvalue weighted by atomic mass is 9.91. The first-order chi connectivity index (χ1) is 8.58. The summed E-state index contributed by atoms with van der Waals surface area (Å²) < 4.78 is 9.40. The SMILES string of the molecule is C=COC(=O)C(=C)C.CCC(C)(C)C(=O)OC(C)C.[H+]. The largest absolute Gasteiger partial charge is 1.00 e. The molecule has 0 bridgehead atoms. The molecule has 0 amide bonds. The highest BCUT2D eigenvalue weighted by Crippen LogP contribution is 2.21. The van der Waals surface area contributed by atoms with E-state index in [4.69, 9.17) is 4.74 Å². The van der Waals surface area contributed by atoms with Gasteiger partial charge in [0.2, 0.25) is 0 Å². The number of carbonyl (C=O) groups is 2. The Hall–Kier alpha value is -1.58. The molecule has 0 aromatic carbocycles. The van der Waals surface area contributed by atoms with Gasteiger partial charge in [0, 0.05) is 5.57 Å². The first kappa shape index (κ1) is 19.8. The van der Waals surface area contributed by atoms with Crippen molar-refractivity contribution in [3.8, 4) is 0 Å². The van der Waals surface area contributed by atoms with Gasteiger partial charge in [-0.05, 0) is 41.0 Å². The van der Waals surface area contributed by atoms with Crippen LogP contribution in [0.4, 0.5) is 0 Å². The Morgan fingerprint density at radius 2 is 1.84 bits per heavy atom. The van der Waals surface area contributed by atoms with Gasteiger partial charge in [0.05, 0.1) is 17.8 Å². The molecule has 0 aromatic heterocycles. The Labute approximate surface area is 118 Å². The first-order valence-corrected chi connectivity index (χ1v) is 6.27. The molecule has 0 aliphatic carbocycles. The lowest BCUT2D eigenvalue weighted by Crippen LogP contribution is -2.28. The molecule has 0 spiro atoms. The van der Waals surface area contributed by atoms with Gasteiger partial charge >= 0.3 is 13.4 Å². The third-order valence-corrected chi connectivity index (χ3v) is 2.32. The van der Waals surface area contributed by atoms with Gasteiger partial charge in [0.1, 0.15) is 0 Å². The number of rotatable bonds is 5. The van der Waals surface area contributed by atoms with E-state index in [0.717, 1.165) is 12.7 Å². The van der Waals surface area contributed by atoms with Crippen LogP contribution in [0.15, 0.2) is 25.0 Å². The van der Waals surface area contributed by atoms with Gasteiger partial charge in [-0.3, -0.25) is 4.79 Å². The van der Waals surface area contributed by atoms with Crippen LogP contribution in [0.5, 0.6) is 0 Å². The second-order valence-electron chi connectivity index (χ2n) is 5.04. The van der Waals surface area contributed by atoms with Crippen LogP contribution in [0.25, 0.3) is 0 Å². The maximum Gasteiger partial charge on any atom is 1.00 e. The Morgan fingerprint density at radius 3 is 2.05 bits per heavy atom. The van der Waals surface area contributed by atoms with Crippen LogP contribution in [0.3, 0.4) is 0 Å². The normalized spacial score (nSPS) is 10.1. The van der Waals surface area contributed by atoms with Gasteiger partial charge < -0.3 is 9.47 Å². The smallest absolute Gasteiger partial charge is 0.463 e. The Balaban J connectivity index is -0.000000288. The molecule has 0 aliphatic heterocycles. The molecule has 0 N–H and O–H groups in total. The molecule has 0 saturated heterocycles. The molecule has 0 heterocycles. The van der Waals surface area contributed by atoms with Crippen LogP contribution in [0, 0.1) is 5.41 Å². The number of ether oxygens (including phenoxy) is 2. The summed E-state index contributed by atoms with van der Waals surface area (Å²) in [5.41, 5.74) is 0.0504. The molecule has 0 fully saturated rings. The van der Waals surface area contributed by atoms with Gasteiger partial charge in [0.25, 0.3) is 0 Å². The van der Waals surface area contributed by atoms with Crippen LogP contribution in [-0.4, -0.2) is 18.0 Å². The van der Waals surface area contributed by atoms with Crippen LogP contribution < -0.4 is 0 Å². The van der Waals surface area contributed by atoms with Gasteiger partial charge in [-0.1, -0.05) is 20.1 Å². The summed E-state index contributed by atoms with van der Waals surface area (Å²) in [7, 11) is 0. The zero-order valence-electron chi connectivity index (χ0n) is 13.9. The summed E-state index contributed by atoms with van der Waals surface area (Å²) in [4.78, 5) is 21.6. The lowest BCUT2D eigenvalue weighted by molar-refractivity contribution is -0.158. The highest BCUT2D eigenvalue weighted by molar-refractivity contribution is 5.87. The molecule has 0 radical (unpaired) electrons. The van der Waals surface area contributed by atoms with Gasteiger partial charge in [-0.25, -0.2) is 4.79 Å². The van der Waals surface area contributed by atoms with Gasteiger partial charge in [0.15, 0.2) is 0 Å². The lowest BCUT2D eigenvalue weighted by Gasteiger charge is -2.21. The van der Waals surface area contributed by atoms with Crippen molar-refractivity contribution in [3.63, 3.8) is 0 Å². The minimum atomic E-state index is -0.431. The predicted octanol–water partition coefficient (Wildman–Crippen LogP) is 3.74. The third kappa shape index (κ3) is 10.1. The second-order valence-corrected chi connectivity index (χ2v) is 5.04. The van der Waals surface area contributed by atoms with Crippen molar-refractivity contribution in [1.82, 2.24) is 0 Å². The van der Waals surface area contributed by atoms with Crippen molar-refractivity contribution in [2.75, 3.05) is 0 Å². The summed E-state index contributed by atoms with van der Waals surface area (Å²) in [5, 5.41) is 0. The average molecular weight is 271 g/mol. The van der Waals surface area contributed by atoms with E-state index in [1.54, 1.807) is 6.92 Å². The van der Waals surface area contributed by atoms with Crippen LogP contribution in [0.2, 0.25) is 0 Å². The van der Waals surface area contributed by atoms with E-state index in [-0.39, 0.29) is 18.9 Å². The highest BCUT2D eigenvalue weighted by atomic mass is 16.5. The monoisotopic (exact) mass is 271 g/mol. The van der Waals surface area contributed by atoms with Crippen molar-refractivity contribution >= 4 is 11.9 Å². The second kappa shape index (κ2) is 9.36. The Morgan fingerprint density at radius 1 is 1.37 bits per heavy atom. The quantitative estimate of drug-likeness (QED) is 0.434. The minimum absolute atomic E-state index is 0. The van der Waals surface area contributed by atoms with E-state index in [9.17, 15) is 9.59 Å².